The maximum Gasteiger partial charge on any atom is 0.246 e. The molecule has 5 nitrogen and oxygen atoms in total. The number of hydrogen-bond acceptors (Lipinski definition) is 4. The number of nitrogens with one attached hydrogen (secondary N) is 1. The fraction of sp³-hybridized carbons (Fsp3) is 0.643. The number of carbonyl (C=O) groups excluding carboxylic acids is 2. The minimum absolute atomic E-state index is 0.0296. The van der Waals surface area contributed by atoms with Gasteiger partial charge < -0.3 is 14.4 Å². The topological polar surface area (TPSA) is 58.6 Å². The standard InChI is InChI=1S/C28H38N2O3S/c1-5-30-24-13-10-18-19-11-12-21(26(32)29-22-8-6-7-9-23(22)33-34-4)27(19,2)16-14-20(18)28(24,3)17-15-25(30)31/h6-9,15,17-21,24H,5,10-14,16H2,1-4H3,(H,29,32)/t18-,19-,20+,21?,24?,27-,28+/m0/s1. The Bertz CT molecular complexity index is 996. The quantitative estimate of drug-likeness (QED) is 0.529. The summed E-state index contributed by atoms with van der Waals surface area (Å²) in [7, 11) is 0. The van der Waals surface area contributed by atoms with E-state index in [4.69, 9.17) is 4.18 Å². The summed E-state index contributed by atoms with van der Waals surface area (Å²) >= 11 is 1.29. The van der Waals surface area contributed by atoms with E-state index in [1.807, 2.05) is 36.6 Å². The summed E-state index contributed by atoms with van der Waals surface area (Å²) in [6.07, 6.45) is 12.5. The molecule has 0 spiro atoms. The van der Waals surface area contributed by atoms with Crippen molar-refractivity contribution < 1.29 is 13.8 Å². The van der Waals surface area contributed by atoms with Crippen LogP contribution in [0.5, 0.6) is 5.75 Å². The van der Waals surface area contributed by atoms with E-state index < -0.39 is 0 Å². The number of benzene rings is 1. The van der Waals surface area contributed by atoms with E-state index in [2.05, 4.69) is 37.1 Å². The van der Waals surface area contributed by atoms with E-state index >= 15 is 0 Å². The average Bonchev–Trinajstić information content (AvgIpc) is 3.18. The number of carbonyl (C=O) groups is 2. The van der Waals surface area contributed by atoms with Crippen LogP contribution in [0.4, 0.5) is 5.69 Å². The van der Waals surface area contributed by atoms with Crippen molar-refractivity contribution in [2.24, 2.45) is 34.5 Å². The Morgan fingerprint density at radius 2 is 1.94 bits per heavy atom. The minimum atomic E-state index is 0.0296. The molecule has 2 unspecified atom stereocenters. The van der Waals surface area contributed by atoms with Gasteiger partial charge in [-0.05, 0) is 86.8 Å². The van der Waals surface area contributed by atoms with E-state index in [9.17, 15) is 9.59 Å². The number of para-hydroxylation sites is 2. The number of hydrogen-bond donors (Lipinski definition) is 1. The van der Waals surface area contributed by atoms with Crippen molar-refractivity contribution in [3.8, 4) is 5.75 Å². The maximum absolute atomic E-state index is 13.6. The molecule has 0 saturated heterocycles. The van der Waals surface area contributed by atoms with Crippen molar-refractivity contribution >= 4 is 29.5 Å². The summed E-state index contributed by atoms with van der Waals surface area (Å²) in [5, 5.41) is 3.21. The van der Waals surface area contributed by atoms with Crippen molar-refractivity contribution in [2.45, 2.75) is 65.3 Å². The van der Waals surface area contributed by atoms with Crippen LogP contribution in [0, 0.1) is 34.5 Å². The zero-order chi connectivity index (χ0) is 24.1. The van der Waals surface area contributed by atoms with Crippen molar-refractivity contribution in [3.63, 3.8) is 0 Å². The maximum atomic E-state index is 13.6. The van der Waals surface area contributed by atoms with Gasteiger partial charge in [-0.3, -0.25) is 9.59 Å². The number of rotatable bonds is 5. The molecule has 184 valence electrons. The van der Waals surface area contributed by atoms with Gasteiger partial charge in [0.25, 0.3) is 0 Å². The van der Waals surface area contributed by atoms with Crippen molar-refractivity contribution in [3.05, 3.63) is 36.4 Å². The molecule has 7 atom stereocenters. The van der Waals surface area contributed by atoms with Crippen LogP contribution in [0.1, 0.15) is 59.3 Å². The number of nitrogens with zero attached hydrogens (tertiary/aromatic N) is 1. The van der Waals surface area contributed by atoms with Gasteiger partial charge in [0.05, 0.1) is 17.7 Å². The fourth-order valence-electron chi connectivity index (χ4n) is 8.36. The van der Waals surface area contributed by atoms with E-state index in [0.29, 0.717) is 29.5 Å². The highest BCUT2D eigenvalue weighted by Gasteiger charge is 2.61. The van der Waals surface area contributed by atoms with Crippen LogP contribution in [0.3, 0.4) is 0 Å². The van der Waals surface area contributed by atoms with Crippen LogP contribution in [-0.4, -0.2) is 35.6 Å². The van der Waals surface area contributed by atoms with Gasteiger partial charge in [0, 0.05) is 30.2 Å². The molecule has 2 amide bonds. The lowest BCUT2D eigenvalue weighted by atomic mass is 9.47. The third-order valence-corrected chi connectivity index (χ3v) is 10.3. The van der Waals surface area contributed by atoms with Crippen LogP contribution in [0.2, 0.25) is 0 Å². The minimum Gasteiger partial charge on any atom is -0.424 e. The van der Waals surface area contributed by atoms with Crippen LogP contribution < -0.4 is 9.50 Å². The molecule has 0 aromatic heterocycles. The summed E-state index contributed by atoms with van der Waals surface area (Å²) in [4.78, 5) is 28.2. The Kier molecular flexibility index (Phi) is 6.24. The van der Waals surface area contributed by atoms with E-state index in [1.54, 1.807) is 0 Å². The van der Waals surface area contributed by atoms with Gasteiger partial charge in [-0.2, -0.15) is 0 Å². The van der Waals surface area contributed by atoms with Crippen LogP contribution in [0.15, 0.2) is 36.4 Å². The molecule has 6 heteroatoms. The molecular weight excluding hydrogens is 444 g/mol. The van der Waals surface area contributed by atoms with Crippen LogP contribution in [-0.2, 0) is 9.59 Å². The Hall–Kier alpha value is -1.95. The Morgan fingerprint density at radius 3 is 2.71 bits per heavy atom. The smallest absolute Gasteiger partial charge is 0.246 e. The number of likely N-dealkylation sites (N-methyl/N-ethyl adjacent to an activating group) is 1. The molecule has 1 aromatic rings. The SMILES string of the molecule is CCN1C(=O)C=C[C@@]2(C)C1CC[C@@H]1[C@H]2CC[C@]2(C)C(C(=O)Nc3ccccc3OSC)CC[C@@H]12. The first-order valence-corrected chi connectivity index (χ1v) is 14.1. The Labute approximate surface area is 208 Å². The third kappa shape index (κ3) is 3.59. The van der Waals surface area contributed by atoms with Crippen molar-refractivity contribution in [1.82, 2.24) is 4.90 Å². The van der Waals surface area contributed by atoms with E-state index in [-0.39, 0.29) is 28.6 Å². The van der Waals surface area contributed by atoms with E-state index in [1.165, 1.54) is 18.5 Å². The number of amides is 2. The third-order valence-electron chi connectivity index (χ3n) is 9.95. The second-order valence-corrected chi connectivity index (χ2v) is 11.7. The van der Waals surface area contributed by atoms with Gasteiger partial charge in [0.1, 0.15) is 0 Å². The van der Waals surface area contributed by atoms with Gasteiger partial charge in [0.2, 0.25) is 11.8 Å². The molecule has 3 aliphatic carbocycles. The van der Waals surface area contributed by atoms with E-state index in [0.717, 1.165) is 44.3 Å². The zero-order valence-electron chi connectivity index (χ0n) is 20.9. The summed E-state index contributed by atoms with van der Waals surface area (Å²) < 4.78 is 5.66. The lowest BCUT2D eigenvalue weighted by Gasteiger charge is -2.60. The summed E-state index contributed by atoms with van der Waals surface area (Å²) in [5.41, 5.74) is 0.831. The summed E-state index contributed by atoms with van der Waals surface area (Å²) in [5.74, 6) is 2.83. The first kappa shape index (κ1) is 23.8. The fourth-order valence-corrected chi connectivity index (χ4v) is 8.68. The van der Waals surface area contributed by atoms with Gasteiger partial charge in [-0.1, -0.05) is 32.1 Å². The first-order valence-electron chi connectivity index (χ1n) is 12.9. The Morgan fingerprint density at radius 1 is 1.15 bits per heavy atom. The van der Waals surface area contributed by atoms with Gasteiger partial charge in [-0.15, -0.1) is 0 Å². The molecule has 5 rings (SSSR count). The Balaban J connectivity index is 1.36. The molecule has 0 radical (unpaired) electrons. The average molecular weight is 483 g/mol. The highest BCUT2D eigenvalue weighted by atomic mass is 32.2. The predicted molar refractivity (Wildman–Crippen MR) is 137 cm³/mol. The zero-order valence-corrected chi connectivity index (χ0v) is 21.7. The molecule has 4 aliphatic rings. The molecule has 0 bridgehead atoms. The van der Waals surface area contributed by atoms with Crippen LogP contribution >= 0.6 is 12.0 Å². The molecule has 1 aromatic carbocycles. The normalized spacial score (nSPS) is 38.6. The largest absolute Gasteiger partial charge is 0.424 e. The summed E-state index contributed by atoms with van der Waals surface area (Å²) in [6.45, 7) is 7.66. The van der Waals surface area contributed by atoms with Gasteiger partial charge in [0.15, 0.2) is 5.75 Å². The van der Waals surface area contributed by atoms with Gasteiger partial charge >= 0.3 is 0 Å². The number of anilines is 1. The first-order chi connectivity index (χ1) is 16.3. The van der Waals surface area contributed by atoms with Gasteiger partial charge in [-0.25, -0.2) is 0 Å². The molecule has 34 heavy (non-hydrogen) atoms. The lowest BCUT2D eigenvalue weighted by Crippen LogP contribution is -2.60. The second kappa shape index (κ2) is 8.92. The summed E-state index contributed by atoms with van der Waals surface area (Å²) in [6, 6.07) is 8.01. The molecule has 3 fully saturated rings. The lowest BCUT2D eigenvalue weighted by molar-refractivity contribution is -0.143. The molecule has 1 aliphatic heterocycles. The highest BCUT2D eigenvalue weighted by molar-refractivity contribution is 7.94. The second-order valence-electron chi connectivity index (χ2n) is 11.2. The molecule has 3 saturated carbocycles. The number of fused-ring (bicyclic) bond motifs is 5. The molecule has 1 N–H and O–H groups in total. The monoisotopic (exact) mass is 482 g/mol. The molecular formula is C28H38N2O3S. The van der Waals surface area contributed by atoms with Crippen molar-refractivity contribution in [2.75, 3.05) is 18.1 Å². The van der Waals surface area contributed by atoms with Crippen molar-refractivity contribution in [1.29, 1.82) is 0 Å². The van der Waals surface area contributed by atoms with Crippen LogP contribution in [0.25, 0.3) is 0 Å². The predicted octanol–water partition coefficient (Wildman–Crippen LogP) is 5.93. The molecule has 1 heterocycles. The highest BCUT2D eigenvalue weighted by Crippen LogP contribution is 2.65.